The monoisotopic (exact) mass is 888 g/mol. The second kappa shape index (κ2) is 22.9. The van der Waals surface area contributed by atoms with Crippen molar-refractivity contribution in [1.29, 1.82) is 0 Å². The van der Waals surface area contributed by atoms with Crippen LogP contribution in [0, 0.1) is 88.5 Å². The Morgan fingerprint density at radius 1 is 0.474 bits per heavy atom. The molecule has 6 nitrogen and oxygen atoms in total. The van der Waals surface area contributed by atoms with Gasteiger partial charge in [-0.2, -0.15) is 0 Å². The molecule has 0 aliphatic carbocycles. The number of hydrogen-bond acceptors (Lipinski definition) is 6. The fourth-order valence-electron chi connectivity index (χ4n) is 6.03. The van der Waals surface area contributed by atoms with Gasteiger partial charge in [0.15, 0.2) is 11.4 Å². The van der Waals surface area contributed by atoms with Crippen LogP contribution in [0.25, 0.3) is 14.5 Å². The number of fused-ring (bicyclic) bond motifs is 6. The van der Waals surface area contributed by atoms with Crippen LogP contribution in [-0.2, 0) is 21.1 Å². The van der Waals surface area contributed by atoms with Gasteiger partial charge in [-0.3, -0.25) is 0 Å². The molecule has 1 aliphatic rings. The molecule has 4 heterocycles. The van der Waals surface area contributed by atoms with Gasteiger partial charge in [-0.1, -0.05) is 94.4 Å². The summed E-state index contributed by atoms with van der Waals surface area (Å²) in [5.41, 5.74) is 13.1. The molecule has 57 heavy (non-hydrogen) atoms. The van der Waals surface area contributed by atoms with Crippen molar-refractivity contribution in [2.24, 2.45) is 0 Å². The Kier molecular flexibility index (Phi) is 18.8. The van der Waals surface area contributed by atoms with Gasteiger partial charge >= 0.3 is 26.8 Å². The molecule has 6 aromatic rings. The molecule has 0 atom stereocenters. The topological polar surface area (TPSA) is 51.8 Å². The smallest absolute Gasteiger partial charge is 0.325 e. The average molecular weight is 887 g/mol. The van der Waals surface area contributed by atoms with Crippen molar-refractivity contribution in [2.75, 3.05) is 0 Å². The van der Waals surface area contributed by atoms with Gasteiger partial charge in [0.2, 0.25) is 6.07 Å². The maximum absolute atomic E-state index is 6.92. The summed E-state index contributed by atoms with van der Waals surface area (Å²) in [5.74, 6) is 0. The van der Waals surface area contributed by atoms with Crippen molar-refractivity contribution in [2.45, 2.75) is 98.9 Å². The quantitative estimate of drug-likeness (QED) is 0.112. The fraction of sp³-hybridized carbons (Fsp3) is 0.213. The Morgan fingerprint density at radius 2 is 0.719 bits per heavy atom. The predicted octanol–water partition coefficient (Wildman–Crippen LogP) is 14.8. The van der Waals surface area contributed by atoms with E-state index in [4.69, 9.17) is 13.1 Å². The Hall–Kier alpha value is -4.68. The van der Waals surface area contributed by atoms with Gasteiger partial charge < -0.3 is 6.92 Å². The van der Waals surface area contributed by atoms with Crippen molar-refractivity contribution >= 4 is 52.3 Å². The second-order valence-electron chi connectivity index (χ2n) is 13.2. The van der Waals surface area contributed by atoms with Gasteiger partial charge in [0.1, 0.15) is 30.2 Å². The number of nitrogens with zero attached hydrogens (tertiary/aromatic N) is 6. The van der Waals surface area contributed by atoms with E-state index in [9.17, 15) is 0 Å². The minimum atomic E-state index is 0. The molecule has 0 spiro atoms. The molecule has 3 aromatic heterocycles. The summed E-state index contributed by atoms with van der Waals surface area (Å²) >= 11 is 4.75. The Labute approximate surface area is 366 Å². The van der Waals surface area contributed by atoms with Crippen molar-refractivity contribution in [3.63, 3.8) is 0 Å². The molecule has 3 aromatic carbocycles. The Balaban J connectivity index is 0.000000212. The molecule has 0 saturated heterocycles. The van der Waals surface area contributed by atoms with Crippen LogP contribution in [0.4, 0.5) is 17.1 Å². The van der Waals surface area contributed by atoms with Gasteiger partial charge in [-0.25, -0.2) is 24.6 Å². The van der Waals surface area contributed by atoms with Crippen molar-refractivity contribution in [3.8, 4) is 6.07 Å². The third-order valence-corrected chi connectivity index (χ3v) is 10.8. The summed E-state index contributed by atoms with van der Waals surface area (Å²) < 4.78 is 0. The van der Waals surface area contributed by atoms with E-state index >= 15 is 0 Å². The van der Waals surface area contributed by atoms with Gasteiger partial charge in [0.05, 0.1) is 13.1 Å². The average Bonchev–Trinajstić information content (AvgIpc) is 3.12. The summed E-state index contributed by atoms with van der Waals surface area (Å²) in [5, 5.41) is 5.70. The first-order valence-electron chi connectivity index (χ1n) is 18.0. The van der Waals surface area contributed by atoms with Gasteiger partial charge in [0, 0.05) is 11.1 Å². The van der Waals surface area contributed by atoms with Gasteiger partial charge in [-0.05, 0) is 144 Å². The van der Waals surface area contributed by atoms with E-state index in [0.717, 1.165) is 69.5 Å². The van der Waals surface area contributed by atoms with Crippen molar-refractivity contribution in [1.82, 2.24) is 15.0 Å². The molecule has 0 saturated carbocycles. The van der Waals surface area contributed by atoms with Gasteiger partial charge in [0.25, 0.3) is 0 Å². The molecule has 0 amide bonds. The van der Waals surface area contributed by atoms with Crippen LogP contribution >= 0.6 is 35.3 Å². The molecule has 1 aliphatic heterocycles. The van der Waals surface area contributed by atoms with Gasteiger partial charge in [-0.15, -0.1) is 0 Å². The maximum atomic E-state index is 6.92. The molecule has 6 bridgehead atoms. The van der Waals surface area contributed by atoms with E-state index < -0.39 is 0 Å². The van der Waals surface area contributed by atoms with E-state index in [0.29, 0.717) is 6.42 Å². The summed E-state index contributed by atoms with van der Waals surface area (Å²) in [7, 11) is 0. The standard InChI is InChI=1S/C15H9N3S3.C12H15N.2C10H11N.Mo/c1-4-10-16-11(5-1)20-13-7-3-9-15(18-13)21-14-8-2-6-12(17-14)19-10;1-5-6-13-12-10(3)7-9(2)8-11(12)4;2*1-7-5-8(2)10(11-4)9(3)6-7;/h1-9H;7-8H,1,5H2,2-4H3;2*5-6H,1-3H3;/q;;;;+3. The van der Waals surface area contributed by atoms with Crippen LogP contribution in [-0.4, -0.2) is 15.0 Å². The molecule has 285 valence electrons. The maximum Gasteiger partial charge on any atom is 3.00 e. The van der Waals surface area contributed by atoms with Crippen LogP contribution in [0.5, 0.6) is 0 Å². The molecular weight excluding hydrogens is 841 g/mol. The Morgan fingerprint density at radius 3 is 0.947 bits per heavy atom. The number of pyridine rings is 3. The minimum Gasteiger partial charge on any atom is -0.325 e. The number of rotatable bonds is 0. The molecule has 10 heteroatoms. The molecule has 7 rings (SSSR count). The van der Waals surface area contributed by atoms with E-state index in [1.54, 1.807) is 35.3 Å². The minimum absolute atomic E-state index is 0. The molecule has 1 radical (unpaired) electrons. The first-order valence-corrected chi connectivity index (χ1v) is 20.4. The molecule has 0 fully saturated rings. The SMILES string of the molecule is [C-]#[N+]c1c(C)cc(C)cc1C.[C-]#[N+]c1c(C)cc(C)cc1C.[CH2-]CC#[N+]c1c(C)cc(C)cc1C.[Mo+3].c1cc2nc(c1)Sc1cccc(n1)Sc1cccc(n1)S2. The summed E-state index contributed by atoms with van der Waals surface area (Å²) in [6.07, 6.45) is 0.618. The van der Waals surface area contributed by atoms with E-state index in [1.165, 1.54) is 27.8 Å². The zero-order valence-corrected chi connectivity index (χ0v) is 38.3. The van der Waals surface area contributed by atoms with Crippen molar-refractivity contribution in [3.05, 3.63) is 176 Å². The van der Waals surface area contributed by atoms with E-state index in [-0.39, 0.29) is 21.1 Å². The van der Waals surface area contributed by atoms with Crippen LogP contribution in [0.3, 0.4) is 0 Å². The largest absolute Gasteiger partial charge is 3.00 e. The summed E-state index contributed by atoms with van der Waals surface area (Å²) in [6.45, 7) is 35.8. The van der Waals surface area contributed by atoms with Crippen molar-refractivity contribution < 1.29 is 21.1 Å². The first-order chi connectivity index (χ1) is 26.8. The van der Waals surface area contributed by atoms with E-state index in [2.05, 4.69) is 75.4 Å². The number of aryl methyl sites for hydroxylation is 9. The predicted molar refractivity (Wildman–Crippen MR) is 236 cm³/mol. The molecule has 0 N–H and O–H groups in total. The zero-order chi connectivity index (χ0) is 40.8. The van der Waals surface area contributed by atoms with Crippen LogP contribution < -0.4 is 0 Å². The summed E-state index contributed by atoms with van der Waals surface area (Å²) in [6, 6.07) is 33.4. The summed E-state index contributed by atoms with van der Waals surface area (Å²) in [4.78, 5) is 25.1. The van der Waals surface area contributed by atoms with Crippen LogP contribution in [0.2, 0.25) is 0 Å². The molecular formula is C47H46MoN6S3+3. The third-order valence-electron chi connectivity index (χ3n) is 8.15. The first kappa shape index (κ1) is 46.7. The van der Waals surface area contributed by atoms with Crippen LogP contribution in [0.15, 0.2) is 121 Å². The van der Waals surface area contributed by atoms with E-state index in [1.807, 2.05) is 120 Å². The fourth-order valence-corrected chi connectivity index (χ4v) is 8.59. The third kappa shape index (κ3) is 14.3. The second-order valence-corrected chi connectivity index (χ2v) is 16.4. The molecule has 0 unspecified atom stereocenters. The zero-order valence-electron chi connectivity index (χ0n) is 33.9. The normalized spacial score (nSPS) is 10.5. The Bertz CT molecular complexity index is 2190. The number of aromatic nitrogens is 3. The van der Waals surface area contributed by atoms with Crippen LogP contribution in [0.1, 0.15) is 56.5 Å². The number of benzene rings is 3. The number of hydrogen-bond donors (Lipinski definition) is 0.